The van der Waals surface area contributed by atoms with Crippen LogP contribution in [-0.4, -0.2) is 21.7 Å². The van der Waals surface area contributed by atoms with Crippen LogP contribution in [0.3, 0.4) is 0 Å². The maximum Gasteiger partial charge on any atom is 0.307 e. The van der Waals surface area contributed by atoms with Gasteiger partial charge in [-0.1, -0.05) is 20.8 Å². The van der Waals surface area contributed by atoms with Gasteiger partial charge in [0.15, 0.2) is 0 Å². The summed E-state index contributed by atoms with van der Waals surface area (Å²) in [5.74, 6) is -1.99. The first-order valence-corrected chi connectivity index (χ1v) is 7.91. The van der Waals surface area contributed by atoms with Gasteiger partial charge in [-0.15, -0.1) is 11.8 Å². The van der Waals surface area contributed by atoms with Gasteiger partial charge in [-0.05, 0) is 37.1 Å². The van der Waals surface area contributed by atoms with Gasteiger partial charge in [0, 0.05) is 15.3 Å². The van der Waals surface area contributed by atoms with E-state index in [0.29, 0.717) is 18.5 Å². The predicted octanol–water partition coefficient (Wildman–Crippen LogP) is 3.63. The Morgan fingerprint density at radius 3 is 2.14 bits per heavy atom. The van der Waals surface area contributed by atoms with Crippen molar-refractivity contribution in [2.24, 2.45) is 11.8 Å². The molecule has 0 aliphatic heterocycles. The van der Waals surface area contributed by atoms with E-state index in [1.807, 2.05) is 24.3 Å². The lowest BCUT2D eigenvalue weighted by atomic mass is 9.73. The Kier molecular flexibility index (Phi) is 4.61. The van der Waals surface area contributed by atoms with Gasteiger partial charge in [-0.3, -0.25) is 9.59 Å². The highest BCUT2D eigenvalue weighted by molar-refractivity contribution is 8.00. The summed E-state index contributed by atoms with van der Waals surface area (Å²) in [6.07, 6.45) is 1.25. The summed E-state index contributed by atoms with van der Waals surface area (Å²) < 4.78 is 0.144. The Morgan fingerprint density at radius 1 is 1.14 bits per heavy atom. The van der Waals surface area contributed by atoms with E-state index in [2.05, 4.69) is 26.1 Å². The number of anilines is 1. The maximum atomic E-state index is 12.0. The van der Waals surface area contributed by atoms with Crippen LogP contribution in [0.1, 0.15) is 33.6 Å². The van der Waals surface area contributed by atoms with Crippen molar-refractivity contribution in [3.05, 3.63) is 24.3 Å². The lowest BCUT2D eigenvalue weighted by molar-refractivity contribution is -0.151. The number of amides is 1. The zero-order valence-corrected chi connectivity index (χ0v) is 13.4. The van der Waals surface area contributed by atoms with Gasteiger partial charge in [-0.25, -0.2) is 0 Å². The Morgan fingerprint density at radius 2 is 1.71 bits per heavy atom. The second-order valence-electron chi connectivity index (χ2n) is 6.36. The van der Waals surface area contributed by atoms with E-state index in [0.717, 1.165) is 4.90 Å². The number of hydrogen-bond acceptors (Lipinski definition) is 3. The minimum atomic E-state index is -0.877. The van der Waals surface area contributed by atoms with Crippen molar-refractivity contribution < 1.29 is 14.7 Å². The quantitative estimate of drug-likeness (QED) is 0.834. The summed E-state index contributed by atoms with van der Waals surface area (Å²) in [4.78, 5) is 24.1. The molecule has 5 heteroatoms. The average molecular weight is 307 g/mol. The average Bonchev–Trinajstić information content (AvgIpc) is 2.27. The summed E-state index contributed by atoms with van der Waals surface area (Å²) in [7, 11) is 0. The van der Waals surface area contributed by atoms with Gasteiger partial charge in [0.1, 0.15) is 0 Å². The number of thioether (sulfide) groups is 1. The zero-order chi connectivity index (χ0) is 15.6. The fourth-order valence-electron chi connectivity index (χ4n) is 2.30. The SMILES string of the molecule is CC(C)(C)Sc1ccc(NC(=O)C2CCC2C(=O)O)cc1. The third kappa shape index (κ3) is 4.24. The molecule has 0 saturated heterocycles. The topological polar surface area (TPSA) is 66.4 Å². The second kappa shape index (κ2) is 6.10. The van der Waals surface area contributed by atoms with Crippen molar-refractivity contribution in [2.45, 2.75) is 43.3 Å². The molecule has 1 fully saturated rings. The standard InChI is InChI=1S/C16H21NO3S/c1-16(2,3)21-11-6-4-10(5-7-11)17-14(18)12-8-9-13(12)15(19)20/h4-7,12-13H,8-9H2,1-3H3,(H,17,18)(H,19,20). The van der Waals surface area contributed by atoms with E-state index >= 15 is 0 Å². The Labute approximate surface area is 129 Å². The molecule has 0 bridgehead atoms. The number of carbonyl (C=O) groups is 2. The Balaban J connectivity index is 1.94. The molecule has 0 aromatic heterocycles. The molecule has 21 heavy (non-hydrogen) atoms. The van der Waals surface area contributed by atoms with Crippen LogP contribution in [0.25, 0.3) is 0 Å². The minimum absolute atomic E-state index is 0.144. The molecule has 4 nitrogen and oxygen atoms in total. The van der Waals surface area contributed by atoms with Crippen molar-refractivity contribution in [1.29, 1.82) is 0 Å². The van der Waals surface area contributed by atoms with Gasteiger partial charge in [0.25, 0.3) is 0 Å². The molecular weight excluding hydrogens is 286 g/mol. The zero-order valence-electron chi connectivity index (χ0n) is 12.6. The van der Waals surface area contributed by atoms with Crippen molar-refractivity contribution in [2.75, 3.05) is 5.32 Å². The van der Waals surface area contributed by atoms with Crippen LogP contribution in [0.15, 0.2) is 29.2 Å². The number of benzene rings is 1. The van der Waals surface area contributed by atoms with Crippen molar-refractivity contribution in [3.8, 4) is 0 Å². The van der Waals surface area contributed by atoms with E-state index in [1.165, 1.54) is 0 Å². The highest BCUT2D eigenvalue weighted by Gasteiger charge is 2.41. The number of aliphatic carboxylic acids is 1. The summed E-state index contributed by atoms with van der Waals surface area (Å²) in [5, 5.41) is 11.8. The number of hydrogen-bond donors (Lipinski definition) is 2. The normalized spacial score (nSPS) is 21.5. The maximum absolute atomic E-state index is 12.0. The first-order valence-electron chi connectivity index (χ1n) is 7.09. The van der Waals surface area contributed by atoms with Crippen LogP contribution in [0, 0.1) is 11.8 Å². The monoisotopic (exact) mass is 307 g/mol. The summed E-state index contributed by atoms with van der Waals surface area (Å²) in [5.41, 5.74) is 0.717. The Hall–Kier alpha value is -1.49. The molecule has 0 heterocycles. The van der Waals surface area contributed by atoms with Crippen LogP contribution >= 0.6 is 11.8 Å². The molecule has 1 aliphatic carbocycles. The smallest absolute Gasteiger partial charge is 0.307 e. The van der Waals surface area contributed by atoms with Crippen molar-refractivity contribution in [1.82, 2.24) is 0 Å². The highest BCUT2D eigenvalue weighted by atomic mass is 32.2. The lowest BCUT2D eigenvalue weighted by Gasteiger charge is -2.31. The molecule has 114 valence electrons. The number of carboxylic acids is 1. The molecule has 1 amide bonds. The summed E-state index contributed by atoms with van der Waals surface area (Å²) >= 11 is 1.76. The summed E-state index contributed by atoms with van der Waals surface area (Å²) in [6.45, 7) is 6.45. The second-order valence-corrected chi connectivity index (χ2v) is 8.26. The van der Waals surface area contributed by atoms with E-state index in [-0.39, 0.29) is 10.7 Å². The molecule has 1 aromatic carbocycles. The molecule has 0 radical (unpaired) electrons. The fraction of sp³-hybridized carbons (Fsp3) is 0.500. The minimum Gasteiger partial charge on any atom is -0.481 e. The fourth-order valence-corrected chi connectivity index (χ4v) is 3.28. The third-order valence-electron chi connectivity index (χ3n) is 3.47. The third-order valence-corrected chi connectivity index (χ3v) is 4.59. The van der Waals surface area contributed by atoms with Gasteiger partial charge in [0.2, 0.25) is 5.91 Å². The molecule has 1 saturated carbocycles. The van der Waals surface area contributed by atoms with Gasteiger partial charge >= 0.3 is 5.97 Å². The number of carbonyl (C=O) groups excluding carboxylic acids is 1. The van der Waals surface area contributed by atoms with E-state index in [9.17, 15) is 9.59 Å². The van der Waals surface area contributed by atoms with E-state index in [1.54, 1.807) is 11.8 Å². The molecular formula is C16H21NO3S. The van der Waals surface area contributed by atoms with Gasteiger partial charge in [-0.2, -0.15) is 0 Å². The van der Waals surface area contributed by atoms with Gasteiger partial charge in [0.05, 0.1) is 11.8 Å². The molecule has 2 rings (SSSR count). The summed E-state index contributed by atoms with van der Waals surface area (Å²) in [6, 6.07) is 7.67. The van der Waals surface area contributed by atoms with Crippen LogP contribution in [-0.2, 0) is 9.59 Å². The Bertz CT molecular complexity index is 533. The first kappa shape index (κ1) is 15.9. The van der Waals surface area contributed by atoms with Crippen molar-refractivity contribution >= 4 is 29.3 Å². The van der Waals surface area contributed by atoms with E-state index < -0.39 is 17.8 Å². The van der Waals surface area contributed by atoms with E-state index in [4.69, 9.17) is 5.11 Å². The molecule has 1 aliphatic rings. The van der Waals surface area contributed by atoms with Crippen molar-refractivity contribution in [3.63, 3.8) is 0 Å². The largest absolute Gasteiger partial charge is 0.481 e. The van der Waals surface area contributed by atoms with Crippen LogP contribution in [0.2, 0.25) is 0 Å². The predicted molar refractivity (Wildman–Crippen MR) is 84.5 cm³/mol. The van der Waals surface area contributed by atoms with Crippen LogP contribution in [0.5, 0.6) is 0 Å². The molecule has 1 aromatic rings. The van der Waals surface area contributed by atoms with Crippen LogP contribution in [0.4, 0.5) is 5.69 Å². The molecule has 2 N–H and O–H groups in total. The highest BCUT2D eigenvalue weighted by Crippen LogP contribution is 2.36. The number of nitrogens with one attached hydrogen (secondary N) is 1. The lowest BCUT2D eigenvalue weighted by Crippen LogP contribution is -2.41. The van der Waals surface area contributed by atoms with Gasteiger partial charge < -0.3 is 10.4 Å². The van der Waals surface area contributed by atoms with Crippen LogP contribution < -0.4 is 5.32 Å². The first-order chi connectivity index (χ1) is 9.76. The number of rotatable bonds is 4. The molecule has 2 atom stereocenters. The molecule has 2 unspecified atom stereocenters. The number of carboxylic acid groups (broad SMARTS) is 1. The molecule has 0 spiro atoms.